The lowest BCUT2D eigenvalue weighted by Crippen LogP contribution is -2.25. The molecular formula is C16H18N2O2S. The highest BCUT2D eigenvalue weighted by Crippen LogP contribution is 2.38. The molecule has 0 N–H and O–H groups in total. The quantitative estimate of drug-likeness (QED) is 0.875. The zero-order valence-corrected chi connectivity index (χ0v) is 12.8. The van der Waals surface area contributed by atoms with E-state index in [0.29, 0.717) is 4.90 Å². The monoisotopic (exact) mass is 302 g/mol. The van der Waals surface area contributed by atoms with Crippen LogP contribution in [0.25, 0.3) is 0 Å². The van der Waals surface area contributed by atoms with Gasteiger partial charge in [0.2, 0.25) is 0 Å². The number of para-hydroxylation sites is 1. The molecule has 1 aromatic heterocycles. The summed E-state index contributed by atoms with van der Waals surface area (Å²) in [5, 5.41) is 0. The standard InChI is InChI=1S/C16H18N2O2S/c1-21(19,20)16-10-3-2-8-15(16)18-12-6-9-14(18)13-7-4-5-11-17-13/h2-5,7-8,10-11,14H,6,9,12H2,1H3. The second-order valence-electron chi connectivity index (χ2n) is 5.35. The van der Waals surface area contributed by atoms with Crippen LogP contribution in [0.3, 0.4) is 0 Å². The Kier molecular flexibility index (Phi) is 3.68. The number of rotatable bonds is 3. The molecule has 2 aromatic rings. The zero-order chi connectivity index (χ0) is 14.9. The van der Waals surface area contributed by atoms with E-state index in [2.05, 4.69) is 9.88 Å². The Hall–Kier alpha value is -1.88. The Morgan fingerprint density at radius 2 is 1.90 bits per heavy atom. The van der Waals surface area contributed by atoms with Crippen LogP contribution < -0.4 is 4.90 Å². The average molecular weight is 302 g/mol. The molecule has 0 spiro atoms. The van der Waals surface area contributed by atoms with E-state index in [9.17, 15) is 8.42 Å². The van der Waals surface area contributed by atoms with Crippen LogP contribution in [0.4, 0.5) is 5.69 Å². The predicted octanol–water partition coefficient (Wildman–Crippen LogP) is 2.83. The van der Waals surface area contributed by atoms with Crippen molar-refractivity contribution in [3.63, 3.8) is 0 Å². The lowest BCUT2D eigenvalue weighted by atomic mass is 10.1. The third kappa shape index (κ3) is 2.78. The minimum atomic E-state index is -3.24. The van der Waals surface area contributed by atoms with E-state index in [1.54, 1.807) is 18.3 Å². The Morgan fingerprint density at radius 1 is 1.14 bits per heavy atom. The minimum Gasteiger partial charge on any atom is -0.362 e. The smallest absolute Gasteiger partial charge is 0.177 e. The van der Waals surface area contributed by atoms with Gasteiger partial charge in [0.05, 0.1) is 22.3 Å². The average Bonchev–Trinajstić information content (AvgIpc) is 2.96. The molecule has 0 amide bonds. The van der Waals surface area contributed by atoms with Gasteiger partial charge in [-0.25, -0.2) is 8.42 Å². The molecule has 110 valence electrons. The minimum absolute atomic E-state index is 0.147. The number of nitrogens with zero attached hydrogens (tertiary/aromatic N) is 2. The van der Waals surface area contributed by atoms with Gasteiger partial charge in [-0.3, -0.25) is 4.98 Å². The normalized spacial score (nSPS) is 18.9. The van der Waals surface area contributed by atoms with Crippen molar-refractivity contribution in [1.29, 1.82) is 0 Å². The fourth-order valence-electron chi connectivity index (χ4n) is 2.94. The molecule has 0 bridgehead atoms. The molecule has 5 heteroatoms. The van der Waals surface area contributed by atoms with Crippen LogP contribution in [0.5, 0.6) is 0 Å². The number of anilines is 1. The molecule has 21 heavy (non-hydrogen) atoms. The Bertz CT molecular complexity index is 729. The maximum atomic E-state index is 12.0. The molecule has 1 saturated heterocycles. The summed E-state index contributed by atoms with van der Waals surface area (Å²) in [6.45, 7) is 0.855. The number of aromatic nitrogens is 1. The van der Waals surface area contributed by atoms with Gasteiger partial charge < -0.3 is 4.90 Å². The molecule has 1 aliphatic rings. The number of hydrogen-bond acceptors (Lipinski definition) is 4. The van der Waals surface area contributed by atoms with Gasteiger partial charge in [-0.1, -0.05) is 18.2 Å². The van der Waals surface area contributed by atoms with Crippen molar-refractivity contribution >= 4 is 15.5 Å². The van der Waals surface area contributed by atoms with Crippen molar-refractivity contribution in [2.24, 2.45) is 0 Å². The molecule has 2 heterocycles. The summed E-state index contributed by atoms with van der Waals surface area (Å²) in [5.41, 5.74) is 1.78. The summed E-state index contributed by atoms with van der Waals surface area (Å²) in [6.07, 6.45) is 5.08. The molecule has 1 atom stereocenters. The fraction of sp³-hybridized carbons (Fsp3) is 0.312. The molecule has 1 fully saturated rings. The van der Waals surface area contributed by atoms with Crippen molar-refractivity contribution in [1.82, 2.24) is 4.98 Å². The van der Waals surface area contributed by atoms with Crippen molar-refractivity contribution in [3.05, 3.63) is 54.4 Å². The van der Waals surface area contributed by atoms with Gasteiger partial charge in [0, 0.05) is 19.0 Å². The summed E-state index contributed by atoms with van der Waals surface area (Å²) in [6, 6.07) is 13.2. The number of pyridine rings is 1. The first-order chi connectivity index (χ1) is 10.1. The Labute approximate surface area is 125 Å². The first-order valence-electron chi connectivity index (χ1n) is 7.04. The van der Waals surface area contributed by atoms with Crippen molar-refractivity contribution in [3.8, 4) is 0 Å². The Balaban J connectivity index is 2.04. The molecule has 0 radical (unpaired) electrons. The number of benzene rings is 1. The lowest BCUT2D eigenvalue weighted by molar-refractivity contribution is 0.600. The largest absolute Gasteiger partial charge is 0.362 e. The molecule has 0 aliphatic carbocycles. The summed E-state index contributed by atoms with van der Waals surface area (Å²) in [5.74, 6) is 0. The van der Waals surface area contributed by atoms with E-state index in [1.165, 1.54) is 6.26 Å². The second kappa shape index (κ2) is 5.48. The third-order valence-corrected chi connectivity index (χ3v) is 5.00. The van der Waals surface area contributed by atoms with Crippen molar-refractivity contribution in [2.45, 2.75) is 23.8 Å². The van der Waals surface area contributed by atoms with Gasteiger partial charge in [-0.2, -0.15) is 0 Å². The molecule has 1 unspecified atom stereocenters. The lowest BCUT2D eigenvalue weighted by Gasteiger charge is -2.28. The highest BCUT2D eigenvalue weighted by Gasteiger charge is 2.30. The van der Waals surface area contributed by atoms with E-state index in [1.807, 2.05) is 30.3 Å². The SMILES string of the molecule is CS(=O)(=O)c1ccccc1N1CCCC1c1ccccn1. The summed E-state index contributed by atoms with van der Waals surface area (Å²) >= 11 is 0. The van der Waals surface area contributed by atoms with Crippen LogP contribution in [0.2, 0.25) is 0 Å². The highest BCUT2D eigenvalue weighted by atomic mass is 32.2. The van der Waals surface area contributed by atoms with E-state index < -0.39 is 9.84 Å². The van der Waals surface area contributed by atoms with Gasteiger partial charge >= 0.3 is 0 Å². The third-order valence-electron chi connectivity index (χ3n) is 3.86. The summed E-state index contributed by atoms with van der Waals surface area (Å²) in [4.78, 5) is 7.00. The van der Waals surface area contributed by atoms with Gasteiger partial charge in [-0.15, -0.1) is 0 Å². The summed E-state index contributed by atoms with van der Waals surface area (Å²) in [7, 11) is -3.24. The zero-order valence-electron chi connectivity index (χ0n) is 11.9. The predicted molar refractivity (Wildman–Crippen MR) is 83.1 cm³/mol. The molecule has 1 aromatic carbocycles. The van der Waals surface area contributed by atoms with E-state index in [-0.39, 0.29) is 6.04 Å². The number of hydrogen-bond donors (Lipinski definition) is 0. The van der Waals surface area contributed by atoms with Gasteiger partial charge in [0.25, 0.3) is 0 Å². The van der Waals surface area contributed by atoms with E-state index in [0.717, 1.165) is 30.8 Å². The molecule has 4 nitrogen and oxygen atoms in total. The van der Waals surface area contributed by atoms with Crippen LogP contribution >= 0.6 is 0 Å². The maximum absolute atomic E-state index is 12.0. The van der Waals surface area contributed by atoms with E-state index >= 15 is 0 Å². The van der Waals surface area contributed by atoms with Crippen molar-refractivity contribution in [2.75, 3.05) is 17.7 Å². The molecule has 3 rings (SSSR count). The first kappa shape index (κ1) is 14.1. The van der Waals surface area contributed by atoms with Gasteiger partial charge in [0.1, 0.15) is 0 Å². The van der Waals surface area contributed by atoms with Crippen LogP contribution in [0.15, 0.2) is 53.6 Å². The molecule has 1 aliphatic heterocycles. The van der Waals surface area contributed by atoms with Crippen LogP contribution in [-0.4, -0.2) is 26.2 Å². The molecular weight excluding hydrogens is 284 g/mol. The second-order valence-corrected chi connectivity index (χ2v) is 7.33. The fourth-order valence-corrected chi connectivity index (χ4v) is 3.83. The Morgan fingerprint density at radius 3 is 2.62 bits per heavy atom. The number of sulfone groups is 1. The van der Waals surface area contributed by atoms with Crippen LogP contribution in [-0.2, 0) is 9.84 Å². The summed E-state index contributed by atoms with van der Waals surface area (Å²) < 4.78 is 24.0. The van der Waals surface area contributed by atoms with Crippen molar-refractivity contribution < 1.29 is 8.42 Å². The van der Waals surface area contributed by atoms with Crippen LogP contribution in [0.1, 0.15) is 24.6 Å². The molecule has 0 saturated carbocycles. The highest BCUT2D eigenvalue weighted by molar-refractivity contribution is 7.90. The van der Waals surface area contributed by atoms with Gasteiger partial charge in [-0.05, 0) is 37.1 Å². The van der Waals surface area contributed by atoms with Crippen LogP contribution in [0, 0.1) is 0 Å². The topological polar surface area (TPSA) is 50.3 Å². The maximum Gasteiger partial charge on any atom is 0.177 e. The van der Waals surface area contributed by atoms with E-state index in [4.69, 9.17) is 0 Å². The van der Waals surface area contributed by atoms with Gasteiger partial charge in [0.15, 0.2) is 9.84 Å². The first-order valence-corrected chi connectivity index (χ1v) is 8.93.